The van der Waals surface area contributed by atoms with Crippen molar-refractivity contribution in [3.05, 3.63) is 48.5 Å². The monoisotopic (exact) mass is 230 g/mol. The highest BCUT2D eigenvalue weighted by molar-refractivity contribution is 5.82. The third-order valence-corrected chi connectivity index (χ3v) is 2.60. The largest absolute Gasteiger partial charge is 0.411 e. The predicted octanol–water partition coefficient (Wildman–Crippen LogP) is 2.11. The van der Waals surface area contributed by atoms with E-state index in [0.29, 0.717) is 12.1 Å². The molecule has 1 N–H and O–H groups in total. The molecule has 1 heterocycles. The van der Waals surface area contributed by atoms with Gasteiger partial charge in [-0.1, -0.05) is 35.5 Å². The first-order chi connectivity index (χ1) is 8.31. The van der Waals surface area contributed by atoms with Gasteiger partial charge in [-0.15, -0.1) is 0 Å². The van der Waals surface area contributed by atoms with Crippen molar-refractivity contribution in [2.45, 2.75) is 19.4 Å². The standard InChI is InChI=1S/C12H14N4O/c1-10(15-17)7-12(16-9-13-8-14-16)11-5-3-2-4-6-11/h2-6,8-9,12,17H,7H2,1H3/b15-10-/t12-/m0/s1. The Labute approximate surface area is 99.4 Å². The molecule has 1 aromatic carbocycles. The second-order valence-corrected chi connectivity index (χ2v) is 3.84. The summed E-state index contributed by atoms with van der Waals surface area (Å²) < 4.78 is 1.77. The van der Waals surface area contributed by atoms with E-state index in [9.17, 15) is 0 Å². The van der Waals surface area contributed by atoms with Crippen molar-refractivity contribution in [1.82, 2.24) is 14.8 Å². The van der Waals surface area contributed by atoms with Crippen LogP contribution in [0.3, 0.4) is 0 Å². The zero-order chi connectivity index (χ0) is 12.1. The highest BCUT2D eigenvalue weighted by atomic mass is 16.4. The van der Waals surface area contributed by atoms with Gasteiger partial charge in [-0.3, -0.25) is 0 Å². The van der Waals surface area contributed by atoms with E-state index in [2.05, 4.69) is 15.2 Å². The van der Waals surface area contributed by atoms with Crippen LogP contribution in [0.2, 0.25) is 0 Å². The third-order valence-electron chi connectivity index (χ3n) is 2.60. The van der Waals surface area contributed by atoms with Gasteiger partial charge in [0.2, 0.25) is 0 Å². The summed E-state index contributed by atoms with van der Waals surface area (Å²) in [6, 6.07) is 9.98. The maximum absolute atomic E-state index is 8.77. The summed E-state index contributed by atoms with van der Waals surface area (Å²) in [5.74, 6) is 0. The SMILES string of the molecule is C/C(C[C@@H](c1ccccc1)n1cncn1)=N/O. The van der Waals surface area contributed by atoms with Crippen molar-refractivity contribution in [2.75, 3.05) is 0 Å². The number of aromatic nitrogens is 3. The van der Waals surface area contributed by atoms with Crippen molar-refractivity contribution in [2.24, 2.45) is 5.16 Å². The summed E-state index contributed by atoms with van der Waals surface area (Å²) in [6.07, 6.45) is 3.77. The fourth-order valence-corrected chi connectivity index (χ4v) is 1.74. The molecule has 0 amide bonds. The third kappa shape index (κ3) is 2.69. The predicted molar refractivity (Wildman–Crippen MR) is 64.1 cm³/mol. The van der Waals surface area contributed by atoms with Crippen molar-refractivity contribution in [3.8, 4) is 0 Å². The van der Waals surface area contributed by atoms with Crippen molar-refractivity contribution >= 4 is 5.71 Å². The number of rotatable bonds is 4. The van der Waals surface area contributed by atoms with Crippen LogP contribution in [0, 0.1) is 0 Å². The maximum atomic E-state index is 8.77. The van der Waals surface area contributed by atoms with Crippen LogP contribution in [-0.4, -0.2) is 25.7 Å². The van der Waals surface area contributed by atoms with Crippen LogP contribution in [0.5, 0.6) is 0 Å². The van der Waals surface area contributed by atoms with Gasteiger partial charge in [0.15, 0.2) is 0 Å². The molecule has 0 unspecified atom stereocenters. The molecule has 0 saturated carbocycles. The fraction of sp³-hybridized carbons (Fsp3) is 0.250. The lowest BCUT2D eigenvalue weighted by Crippen LogP contribution is -2.14. The van der Waals surface area contributed by atoms with Crippen LogP contribution in [-0.2, 0) is 0 Å². The zero-order valence-electron chi connectivity index (χ0n) is 9.56. The minimum atomic E-state index is 0.00889. The molecule has 0 aliphatic carbocycles. The van der Waals surface area contributed by atoms with Gasteiger partial charge in [-0.05, 0) is 12.5 Å². The number of benzene rings is 1. The van der Waals surface area contributed by atoms with Crippen LogP contribution in [0.15, 0.2) is 48.1 Å². The summed E-state index contributed by atoms with van der Waals surface area (Å²) in [4.78, 5) is 3.95. The van der Waals surface area contributed by atoms with E-state index in [4.69, 9.17) is 5.21 Å². The Morgan fingerprint density at radius 2 is 2.18 bits per heavy atom. The van der Waals surface area contributed by atoms with E-state index < -0.39 is 0 Å². The Balaban J connectivity index is 2.31. The average molecular weight is 230 g/mol. The molecule has 0 radical (unpaired) electrons. The van der Waals surface area contributed by atoms with Gasteiger partial charge in [-0.25, -0.2) is 9.67 Å². The molecule has 2 rings (SSSR count). The van der Waals surface area contributed by atoms with Crippen molar-refractivity contribution in [1.29, 1.82) is 0 Å². The molecule has 17 heavy (non-hydrogen) atoms. The number of nitrogens with zero attached hydrogens (tertiary/aromatic N) is 4. The second-order valence-electron chi connectivity index (χ2n) is 3.84. The van der Waals surface area contributed by atoms with Crippen LogP contribution in [0.4, 0.5) is 0 Å². The molecule has 0 aliphatic heterocycles. The molecule has 2 aromatic rings. The van der Waals surface area contributed by atoms with E-state index in [0.717, 1.165) is 5.56 Å². The molecule has 0 saturated heterocycles. The first kappa shape index (κ1) is 11.3. The number of oxime groups is 1. The van der Waals surface area contributed by atoms with Crippen molar-refractivity contribution in [3.63, 3.8) is 0 Å². The molecule has 1 aromatic heterocycles. The smallest absolute Gasteiger partial charge is 0.137 e. The molecule has 1 atom stereocenters. The van der Waals surface area contributed by atoms with Gasteiger partial charge < -0.3 is 5.21 Å². The molecule has 0 aliphatic rings. The molecular weight excluding hydrogens is 216 g/mol. The zero-order valence-corrected chi connectivity index (χ0v) is 9.56. The summed E-state index contributed by atoms with van der Waals surface area (Å²) >= 11 is 0. The Kier molecular flexibility index (Phi) is 3.49. The summed E-state index contributed by atoms with van der Waals surface area (Å²) in [5.41, 5.74) is 1.77. The van der Waals surface area contributed by atoms with E-state index in [-0.39, 0.29) is 6.04 Å². The second kappa shape index (κ2) is 5.25. The van der Waals surface area contributed by atoms with Gasteiger partial charge in [0.25, 0.3) is 0 Å². The fourth-order valence-electron chi connectivity index (χ4n) is 1.74. The Bertz CT molecular complexity index is 478. The molecule has 0 fully saturated rings. The van der Waals surface area contributed by atoms with Crippen LogP contribution in [0.25, 0.3) is 0 Å². The molecule has 5 nitrogen and oxygen atoms in total. The number of hydrogen-bond acceptors (Lipinski definition) is 4. The number of hydrogen-bond donors (Lipinski definition) is 1. The summed E-state index contributed by atoms with van der Waals surface area (Å²) in [7, 11) is 0. The molecule has 0 bridgehead atoms. The lowest BCUT2D eigenvalue weighted by Gasteiger charge is -2.16. The van der Waals surface area contributed by atoms with Gasteiger partial charge in [-0.2, -0.15) is 5.10 Å². The normalized spacial score (nSPS) is 13.6. The van der Waals surface area contributed by atoms with Crippen LogP contribution < -0.4 is 0 Å². The summed E-state index contributed by atoms with van der Waals surface area (Å²) in [6.45, 7) is 1.78. The van der Waals surface area contributed by atoms with E-state index in [1.807, 2.05) is 30.3 Å². The highest BCUT2D eigenvalue weighted by Gasteiger charge is 2.15. The molecule has 0 spiro atoms. The minimum Gasteiger partial charge on any atom is -0.411 e. The Morgan fingerprint density at radius 1 is 1.41 bits per heavy atom. The van der Waals surface area contributed by atoms with Crippen molar-refractivity contribution < 1.29 is 5.21 Å². The van der Waals surface area contributed by atoms with Gasteiger partial charge >= 0.3 is 0 Å². The molecule has 88 valence electrons. The first-order valence-corrected chi connectivity index (χ1v) is 5.38. The lowest BCUT2D eigenvalue weighted by atomic mass is 10.0. The highest BCUT2D eigenvalue weighted by Crippen LogP contribution is 2.21. The molecular formula is C12H14N4O. The average Bonchev–Trinajstić information content (AvgIpc) is 2.90. The topological polar surface area (TPSA) is 63.3 Å². The van der Waals surface area contributed by atoms with Crippen LogP contribution in [0.1, 0.15) is 24.9 Å². The van der Waals surface area contributed by atoms with Gasteiger partial charge in [0.1, 0.15) is 12.7 Å². The quantitative estimate of drug-likeness (QED) is 0.497. The van der Waals surface area contributed by atoms with E-state index >= 15 is 0 Å². The lowest BCUT2D eigenvalue weighted by molar-refractivity contribution is 0.316. The summed E-state index contributed by atoms with van der Waals surface area (Å²) in [5, 5.41) is 16.1. The van der Waals surface area contributed by atoms with Crippen LogP contribution >= 0.6 is 0 Å². The van der Waals surface area contributed by atoms with Gasteiger partial charge in [0.05, 0.1) is 11.8 Å². The van der Waals surface area contributed by atoms with E-state index in [1.54, 1.807) is 17.9 Å². The minimum absolute atomic E-state index is 0.00889. The Morgan fingerprint density at radius 3 is 2.76 bits per heavy atom. The van der Waals surface area contributed by atoms with Gasteiger partial charge in [0, 0.05) is 6.42 Å². The first-order valence-electron chi connectivity index (χ1n) is 5.38. The molecule has 5 heteroatoms. The Hall–Kier alpha value is -2.17. The maximum Gasteiger partial charge on any atom is 0.137 e. The van der Waals surface area contributed by atoms with E-state index in [1.165, 1.54) is 6.33 Å².